The van der Waals surface area contributed by atoms with Gasteiger partial charge in [-0.25, -0.2) is 0 Å². The van der Waals surface area contributed by atoms with Crippen LogP contribution in [0.3, 0.4) is 0 Å². The van der Waals surface area contributed by atoms with Crippen LogP contribution in [-0.4, -0.2) is 15.2 Å². The van der Waals surface area contributed by atoms with Crippen LogP contribution < -0.4 is 0 Å². The van der Waals surface area contributed by atoms with Gasteiger partial charge in [0.05, 0.1) is 0 Å². The van der Waals surface area contributed by atoms with Crippen LogP contribution in [0.4, 0.5) is 0 Å². The van der Waals surface area contributed by atoms with Gasteiger partial charge in [-0.15, -0.1) is 0 Å². The van der Waals surface area contributed by atoms with Crippen molar-refractivity contribution in [2.24, 2.45) is 0 Å². The van der Waals surface area contributed by atoms with Gasteiger partial charge in [-0.3, -0.25) is 5.10 Å². The summed E-state index contributed by atoms with van der Waals surface area (Å²) >= 11 is 0. The maximum atomic E-state index is 3.60. The zero-order valence-electron chi connectivity index (χ0n) is 7.64. The van der Waals surface area contributed by atoms with Crippen LogP contribution in [0.25, 0.3) is 10.9 Å². The molecule has 0 bridgehead atoms. The lowest BCUT2D eigenvalue weighted by atomic mass is 10.3. The van der Waals surface area contributed by atoms with E-state index in [1.165, 1.54) is 10.9 Å². The van der Waals surface area contributed by atoms with Gasteiger partial charge in [-0.2, -0.15) is 5.10 Å². The molecule has 0 aliphatic carbocycles. The molecule has 2 aromatic heterocycles. The van der Waals surface area contributed by atoms with Gasteiger partial charge in [0.1, 0.15) is 0 Å². The molecule has 70 valence electrons. The maximum Gasteiger partial charge on any atom is 0.0487 e. The number of rotatable bonds is 0. The topological polar surface area (TPSA) is 44.5 Å². The Morgan fingerprint density at radius 1 is 0.929 bits per heavy atom. The van der Waals surface area contributed by atoms with Crippen molar-refractivity contribution < 1.29 is 0 Å². The van der Waals surface area contributed by atoms with E-state index in [4.69, 9.17) is 0 Å². The number of H-pyrrole nitrogens is 2. The molecule has 0 aliphatic heterocycles. The minimum atomic E-state index is 1.21. The van der Waals surface area contributed by atoms with Crippen molar-refractivity contribution in [1.29, 1.82) is 0 Å². The van der Waals surface area contributed by atoms with Gasteiger partial charge < -0.3 is 4.98 Å². The number of hydrogen-bond acceptors (Lipinski definition) is 1. The Bertz CT molecular complexity index is 421. The van der Waals surface area contributed by atoms with E-state index in [0.717, 1.165) is 0 Å². The largest absolute Gasteiger partial charge is 0.361 e. The van der Waals surface area contributed by atoms with Gasteiger partial charge in [-0.05, 0) is 23.6 Å². The SMILES string of the molecule is c1ccc2[nH]ccc2c1.c1cn[nH]c1. The van der Waals surface area contributed by atoms with Crippen molar-refractivity contribution >= 4 is 10.9 Å². The predicted molar refractivity (Wildman–Crippen MR) is 56.9 cm³/mol. The molecule has 2 heterocycles. The number of fused-ring (bicyclic) bond motifs is 1. The van der Waals surface area contributed by atoms with Gasteiger partial charge in [0, 0.05) is 24.1 Å². The van der Waals surface area contributed by atoms with Crippen LogP contribution >= 0.6 is 0 Å². The normalized spacial score (nSPS) is 9.43. The van der Waals surface area contributed by atoms with Crippen molar-refractivity contribution in [2.75, 3.05) is 0 Å². The van der Waals surface area contributed by atoms with Crippen LogP contribution in [0.2, 0.25) is 0 Å². The zero-order valence-corrected chi connectivity index (χ0v) is 7.64. The molecule has 0 spiro atoms. The Kier molecular flexibility index (Phi) is 2.62. The first kappa shape index (κ1) is 8.56. The first-order chi connectivity index (χ1) is 6.97. The summed E-state index contributed by atoms with van der Waals surface area (Å²) in [4.78, 5) is 3.12. The third-order valence-electron chi connectivity index (χ3n) is 1.87. The van der Waals surface area contributed by atoms with Crippen LogP contribution in [0, 0.1) is 0 Å². The highest BCUT2D eigenvalue weighted by Crippen LogP contribution is 2.09. The molecule has 0 amide bonds. The van der Waals surface area contributed by atoms with Crippen molar-refractivity contribution in [3.63, 3.8) is 0 Å². The Morgan fingerprint density at radius 3 is 2.50 bits per heavy atom. The fraction of sp³-hybridized carbons (Fsp3) is 0. The molecule has 3 heteroatoms. The second kappa shape index (κ2) is 4.28. The second-order valence-corrected chi connectivity index (χ2v) is 2.83. The average Bonchev–Trinajstić information content (AvgIpc) is 2.92. The van der Waals surface area contributed by atoms with E-state index in [-0.39, 0.29) is 0 Å². The lowest BCUT2D eigenvalue weighted by Crippen LogP contribution is -1.61. The van der Waals surface area contributed by atoms with Crippen LogP contribution in [0.15, 0.2) is 55.0 Å². The zero-order chi connectivity index (χ0) is 9.64. The number of aromatic amines is 2. The molecule has 0 aliphatic rings. The van der Waals surface area contributed by atoms with E-state index in [1.54, 1.807) is 12.4 Å². The van der Waals surface area contributed by atoms with Crippen molar-refractivity contribution in [1.82, 2.24) is 15.2 Å². The molecule has 0 saturated heterocycles. The summed E-state index contributed by atoms with van der Waals surface area (Å²) in [6.07, 6.45) is 5.41. The van der Waals surface area contributed by atoms with Crippen molar-refractivity contribution in [3.8, 4) is 0 Å². The van der Waals surface area contributed by atoms with E-state index in [0.29, 0.717) is 0 Å². The van der Waals surface area contributed by atoms with Gasteiger partial charge in [0.2, 0.25) is 0 Å². The molecule has 0 radical (unpaired) electrons. The Balaban J connectivity index is 0.000000128. The summed E-state index contributed by atoms with van der Waals surface area (Å²) in [5, 5.41) is 7.48. The van der Waals surface area contributed by atoms with Gasteiger partial charge in [-0.1, -0.05) is 18.2 Å². The summed E-state index contributed by atoms with van der Waals surface area (Å²) in [5.41, 5.74) is 1.21. The monoisotopic (exact) mass is 185 g/mol. The molecule has 0 fully saturated rings. The molecular weight excluding hydrogens is 174 g/mol. The summed E-state index contributed by atoms with van der Waals surface area (Å²) < 4.78 is 0. The smallest absolute Gasteiger partial charge is 0.0487 e. The third kappa shape index (κ3) is 2.01. The van der Waals surface area contributed by atoms with E-state index in [1.807, 2.05) is 24.4 Å². The minimum Gasteiger partial charge on any atom is -0.361 e. The van der Waals surface area contributed by atoms with Crippen LogP contribution in [-0.2, 0) is 0 Å². The highest BCUT2D eigenvalue weighted by Gasteiger charge is 1.86. The Morgan fingerprint density at radius 2 is 1.86 bits per heavy atom. The fourth-order valence-corrected chi connectivity index (χ4v) is 1.21. The number of aromatic nitrogens is 3. The molecule has 3 nitrogen and oxygen atoms in total. The lowest BCUT2D eigenvalue weighted by Gasteiger charge is -1.83. The van der Waals surface area contributed by atoms with E-state index < -0.39 is 0 Å². The molecule has 0 saturated carbocycles. The molecule has 3 rings (SSSR count). The Hall–Kier alpha value is -2.03. The minimum absolute atomic E-state index is 1.21. The number of nitrogens with zero attached hydrogens (tertiary/aromatic N) is 1. The quantitative estimate of drug-likeness (QED) is 0.555. The number of hydrogen-bond donors (Lipinski definition) is 2. The average molecular weight is 185 g/mol. The molecule has 0 unspecified atom stereocenters. The fourth-order valence-electron chi connectivity index (χ4n) is 1.21. The van der Waals surface area contributed by atoms with Gasteiger partial charge in [0.15, 0.2) is 0 Å². The van der Waals surface area contributed by atoms with Crippen molar-refractivity contribution in [3.05, 3.63) is 55.0 Å². The molecule has 2 N–H and O–H groups in total. The van der Waals surface area contributed by atoms with Gasteiger partial charge in [0.25, 0.3) is 0 Å². The molecule has 1 aromatic carbocycles. The number of benzene rings is 1. The number of para-hydroxylation sites is 1. The lowest BCUT2D eigenvalue weighted by molar-refractivity contribution is 1.09. The third-order valence-corrected chi connectivity index (χ3v) is 1.87. The summed E-state index contributed by atoms with van der Waals surface area (Å²) in [6, 6.07) is 12.1. The molecular formula is C11H11N3. The van der Waals surface area contributed by atoms with Crippen LogP contribution in [0.5, 0.6) is 0 Å². The highest BCUT2D eigenvalue weighted by atomic mass is 15.1. The molecule has 0 atom stereocenters. The second-order valence-electron chi connectivity index (χ2n) is 2.83. The molecule has 3 aromatic rings. The van der Waals surface area contributed by atoms with Gasteiger partial charge >= 0.3 is 0 Å². The van der Waals surface area contributed by atoms with E-state index in [2.05, 4.69) is 33.4 Å². The summed E-state index contributed by atoms with van der Waals surface area (Å²) in [7, 11) is 0. The van der Waals surface area contributed by atoms with E-state index >= 15 is 0 Å². The molecule has 14 heavy (non-hydrogen) atoms. The first-order valence-corrected chi connectivity index (χ1v) is 4.43. The predicted octanol–water partition coefficient (Wildman–Crippen LogP) is 2.58. The van der Waals surface area contributed by atoms with Crippen LogP contribution in [0.1, 0.15) is 0 Å². The number of nitrogens with one attached hydrogen (secondary N) is 2. The standard InChI is InChI=1S/C8H7N.C3H4N2/c1-2-4-8-7(3-1)5-6-9-8;1-2-4-5-3-1/h1-6,9H;1-3H,(H,4,5). The summed E-state index contributed by atoms with van der Waals surface area (Å²) in [6.45, 7) is 0. The summed E-state index contributed by atoms with van der Waals surface area (Å²) in [5.74, 6) is 0. The first-order valence-electron chi connectivity index (χ1n) is 4.43. The van der Waals surface area contributed by atoms with Crippen molar-refractivity contribution in [2.45, 2.75) is 0 Å². The Labute approximate surface area is 81.8 Å². The highest BCUT2D eigenvalue weighted by molar-refractivity contribution is 5.78. The maximum absolute atomic E-state index is 3.60. The van der Waals surface area contributed by atoms with E-state index in [9.17, 15) is 0 Å².